The quantitative estimate of drug-likeness (QED) is 0.742. The van der Waals surface area contributed by atoms with Gasteiger partial charge >= 0.3 is 0 Å². The molecule has 0 amide bonds. The summed E-state index contributed by atoms with van der Waals surface area (Å²) in [6.07, 6.45) is 0. The SMILES string of the molecule is Cc1nn(C)c(N2CCN[C@H](C)C2)c1C#N. The van der Waals surface area contributed by atoms with E-state index in [9.17, 15) is 0 Å². The minimum atomic E-state index is 0.454. The fraction of sp³-hybridized carbons (Fsp3) is 0.636. The number of hydrogen-bond acceptors (Lipinski definition) is 4. The van der Waals surface area contributed by atoms with E-state index in [1.54, 1.807) is 0 Å². The predicted molar refractivity (Wildman–Crippen MR) is 62.3 cm³/mol. The van der Waals surface area contributed by atoms with Crippen molar-refractivity contribution in [1.29, 1.82) is 5.26 Å². The normalized spacial score (nSPS) is 20.9. The molecule has 5 nitrogen and oxygen atoms in total. The lowest BCUT2D eigenvalue weighted by atomic mass is 10.2. The van der Waals surface area contributed by atoms with Gasteiger partial charge in [0.2, 0.25) is 0 Å². The largest absolute Gasteiger partial charge is 0.353 e. The van der Waals surface area contributed by atoms with Crippen LogP contribution in [0.25, 0.3) is 0 Å². The van der Waals surface area contributed by atoms with Crippen molar-refractivity contribution in [3.63, 3.8) is 0 Å². The van der Waals surface area contributed by atoms with E-state index in [4.69, 9.17) is 5.26 Å². The molecule has 2 heterocycles. The molecule has 1 atom stereocenters. The molecule has 1 aliphatic heterocycles. The molecule has 0 bridgehead atoms. The highest BCUT2D eigenvalue weighted by Crippen LogP contribution is 2.23. The summed E-state index contributed by atoms with van der Waals surface area (Å²) >= 11 is 0. The fourth-order valence-corrected chi connectivity index (χ4v) is 2.26. The van der Waals surface area contributed by atoms with Gasteiger partial charge in [-0.25, -0.2) is 0 Å². The minimum Gasteiger partial charge on any atom is -0.353 e. The zero-order chi connectivity index (χ0) is 11.7. The molecule has 1 aliphatic rings. The van der Waals surface area contributed by atoms with E-state index < -0.39 is 0 Å². The van der Waals surface area contributed by atoms with Gasteiger partial charge in [-0.3, -0.25) is 4.68 Å². The van der Waals surface area contributed by atoms with Crippen LogP contribution >= 0.6 is 0 Å². The number of hydrogen-bond donors (Lipinski definition) is 1. The Bertz CT molecular complexity index is 428. The Morgan fingerprint density at radius 1 is 1.56 bits per heavy atom. The number of piperazine rings is 1. The fourth-order valence-electron chi connectivity index (χ4n) is 2.26. The number of aryl methyl sites for hydroxylation is 2. The Hall–Kier alpha value is -1.54. The van der Waals surface area contributed by atoms with Gasteiger partial charge in [-0.1, -0.05) is 0 Å². The first-order chi connectivity index (χ1) is 7.63. The summed E-state index contributed by atoms with van der Waals surface area (Å²) in [7, 11) is 1.90. The van der Waals surface area contributed by atoms with Gasteiger partial charge < -0.3 is 10.2 Å². The van der Waals surface area contributed by atoms with E-state index in [0.717, 1.165) is 31.1 Å². The van der Waals surface area contributed by atoms with Crippen LogP contribution in [0.5, 0.6) is 0 Å². The lowest BCUT2D eigenvalue weighted by molar-refractivity contribution is 0.477. The van der Waals surface area contributed by atoms with Gasteiger partial charge in [-0.2, -0.15) is 10.4 Å². The van der Waals surface area contributed by atoms with E-state index in [2.05, 4.69) is 28.3 Å². The van der Waals surface area contributed by atoms with Crippen molar-refractivity contribution < 1.29 is 0 Å². The molecule has 0 saturated carbocycles. The summed E-state index contributed by atoms with van der Waals surface area (Å²) in [5, 5.41) is 16.9. The number of rotatable bonds is 1. The second-order valence-corrected chi connectivity index (χ2v) is 4.32. The van der Waals surface area contributed by atoms with Crippen LogP contribution < -0.4 is 10.2 Å². The molecule has 0 aliphatic carbocycles. The van der Waals surface area contributed by atoms with E-state index in [1.165, 1.54) is 0 Å². The van der Waals surface area contributed by atoms with Gasteiger partial charge in [0, 0.05) is 32.7 Å². The lowest BCUT2D eigenvalue weighted by Gasteiger charge is -2.33. The predicted octanol–water partition coefficient (Wildman–Crippen LogP) is 0.398. The number of anilines is 1. The number of aromatic nitrogens is 2. The van der Waals surface area contributed by atoms with E-state index in [0.29, 0.717) is 11.6 Å². The number of nitriles is 1. The Morgan fingerprint density at radius 2 is 2.31 bits per heavy atom. The third kappa shape index (κ3) is 1.76. The molecule has 16 heavy (non-hydrogen) atoms. The summed E-state index contributed by atoms with van der Waals surface area (Å²) in [6.45, 7) is 6.84. The second-order valence-electron chi connectivity index (χ2n) is 4.32. The van der Waals surface area contributed by atoms with Crippen molar-refractivity contribution in [2.45, 2.75) is 19.9 Å². The maximum Gasteiger partial charge on any atom is 0.145 e. The van der Waals surface area contributed by atoms with Crippen LogP contribution in [0.3, 0.4) is 0 Å². The van der Waals surface area contributed by atoms with Crippen LogP contribution in [-0.2, 0) is 7.05 Å². The standard InChI is InChI=1S/C11H17N5/c1-8-7-16(5-4-13-8)11-10(6-12)9(2)14-15(11)3/h8,13H,4-5,7H2,1-3H3/t8-/m1/s1. The first-order valence-electron chi connectivity index (χ1n) is 5.55. The van der Waals surface area contributed by atoms with Gasteiger partial charge in [-0.05, 0) is 13.8 Å². The maximum absolute atomic E-state index is 9.16. The summed E-state index contributed by atoms with van der Waals surface area (Å²) in [5.41, 5.74) is 1.52. The minimum absolute atomic E-state index is 0.454. The molecule has 1 aromatic rings. The topological polar surface area (TPSA) is 56.9 Å². The highest BCUT2D eigenvalue weighted by atomic mass is 15.4. The highest BCUT2D eigenvalue weighted by Gasteiger charge is 2.23. The summed E-state index contributed by atoms with van der Waals surface area (Å²) < 4.78 is 1.81. The maximum atomic E-state index is 9.16. The van der Waals surface area contributed by atoms with E-state index in [-0.39, 0.29) is 0 Å². The average Bonchev–Trinajstić information content (AvgIpc) is 2.52. The Labute approximate surface area is 95.7 Å². The molecular formula is C11H17N5. The zero-order valence-electron chi connectivity index (χ0n) is 9.99. The molecule has 1 saturated heterocycles. The van der Waals surface area contributed by atoms with Crippen molar-refractivity contribution in [1.82, 2.24) is 15.1 Å². The summed E-state index contributed by atoms with van der Waals surface area (Å²) in [5.74, 6) is 0.952. The van der Waals surface area contributed by atoms with Crippen molar-refractivity contribution >= 4 is 5.82 Å². The first kappa shape index (κ1) is 11.0. The molecule has 1 fully saturated rings. The molecule has 1 aromatic heterocycles. The zero-order valence-corrected chi connectivity index (χ0v) is 9.99. The van der Waals surface area contributed by atoms with Crippen molar-refractivity contribution in [2.24, 2.45) is 7.05 Å². The van der Waals surface area contributed by atoms with Gasteiger partial charge in [0.15, 0.2) is 0 Å². The molecule has 0 aromatic carbocycles. The average molecular weight is 219 g/mol. The summed E-state index contributed by atoms with van der Waals surface area (Å²) in [6, 6.07) is 2.71. The Kier molecular flexibility index (Phi) is 2.84. The van der Waals surface area contributed by atoms with Crippen LogP contribution in [0.2, 0.25) is 0 Å². The Balaban J connectivity index is 2.36. The monoisotopic (exact) mass is 219 g/mol. The molecule has 1 N–H and O–H groups in total. The highest BCUT2D eigenvalue weighted by molar-refractivity contribution is 5.57. The lowest BCUT2D eigenvalue weighted by Crippen LogP contribution is -2.50. The Morgan fingerprint density at radius 3 is 2.94 bits per heavy atom. The molecule has 2 rings (SSSR count). The third-order valence-corrected chi connectivity index (χ3v) is 2.97. The molecule has 0 unspecified atom stereocenters. The van der Waals surface area contributed by atoms with E-state index in [1.807, 2.05) is 18.7 Å². The molecule has 0 spiro atoms. The van der Waals surface area contributed by atoms with Gasteiger partial charge in [0.05, 0.1) is 5.69 Å². The van der Waals surface area contributed by atoms with Gasteiger partial charge in [0.25, 0.3) is 0 Å². The van der Waals surface area contributed by atoms with Crippen LogP contribution in [0, 0.1) is 18.3 Å². The number of nitrogens with zero attached hydrogens (tertiary/aromatic N) is 4. The van der Waals surface area contributed by atoms with E-state index >= 15 is 0 Å². The van der Waals surface area contributed by atoms with Crippen LogP contribution in [0.15, 0.2) is 0 Å². The van der Waals surface area contributed by atoms with Crippen molar-refractivity contribution in [3.05, 3.63) is 11.3 Å². The van der Waals surface area contributed by atoms with Crippen LogP contribution in [0.4, 0.5) is 5.82 Å². The van der Waals surface area contributed by atoms with Crippen LogP contribution in [-0.4, -0.2) is 35.5 Å². The smallest absolute Gasteiger partial charge is 0.145 e. The second kappa shape index (κ2) is 4.14. The van der Waals surface area contributed by atoms with Crippen molar-refractivity contribution in [2.75, 3.05) is 24.5 Å². The third-order valence-electron chi connectivity index (χ3n) is 2.97. The van der Waals surface area contributed by atoms with Crippen molar-refractivity contribution in [3.8, 4) is 6.07 Å². The summed E-state index contributed by atoms with van der Waals surface area (Å²) in [4.78, 5) is 2.24. The van der Waals surface area contributed by atoms with Crippen LogP contribution in [0.1, 0.15) is 18.2 Å². The van der Waals surface area contributed by atoms with Gasteiger partial charge in [-0.15, -0.1) is 0 Å². The first-order valence-corrected chi connectivity index (χ1v) is 5.55. The molecule has 86 valence electrons. The van der Waals surface area contributed by atoms with Gasteiger partial charge in [0.1, 0.15) is 17.5 Å². The molecule has 0 radical (unpaired) electrons. The number of nitrogens with one attached hydrogen (secondary N) is 1. The molecule has 5 heteroatoms. The molecular weight excluding hydrogens is 202 g/mol.